The molecule has 280 valence electrons. The van der Waals surface area contributed by atoms with E-state index in [1.54, 1.807) is 20.1 Å². The molecule has 6 atom stereocenters. The van der Waals surface area contributed by atoms with Gasteiger partial charge in [-0.05, 0) is 63.5 Å². The number of hydrogen-bond donors (Lipinski definition) is 11. The molecule has 0 fully saturated rings. The van der Waals surface area contributed by atoms with Crippen molar-refractivity contribution in [3.05, 3.63) is 0 Å². The summed E-state index contributed by atoms with van der Waals surface area (Å²) in [4.78, 5) is 99.5. The minimum atomic E-state index is -1.45. The normalized spacial score (nSPS) is 14.6. The first-order chi connectivity index (χ1) is 23.0. The zero-order chi connectivity index (χ0) is 37.7. The van der Waals surface area contributed by atoms with Crippen molar-refractivity contribution in [3.8, 4) is 0 Å². The molecule has 0 spiro atoms. The molecule has 0 radical (unpaired) electrons. The number of aliphatic hydroxyl groups excluding tert-OH is 1. The molecule has 6 amide bonds. The van der Waals surface area contributed by atoms with Crippen LogP contribution in [0.5, 0.6) is 0 Å². The van der Waals surface area contributed by atoms with E-state index in [9.17, 15) is 43.5 Å². The number of aliphatic carboxylic acids is 2. The van der Waals surface area contributed by atoms with Gasteiger partial charge in [0, 0.05) is 6.42 Å². The first-order valence-corrected chi connectivity index (χ1v) is 17.2. The van der Waals surface area contributed by atoms with Gasteiger partial charge < -0.3 is 58.7 Å². The van der Waals surface area contributed by atoms with Crippen LogP contribution in [0.25, 0.3) is 0 Å². The quantitative estimate of drug-likeness (QED) is 0.0406. The van der Waals surface area contributed by atoms with Crippen LogP contribution < -0.4 is 43.4 Å². The van der Waals surface area contributed by atoms with Crippen LogP contribution in [0.1, 0.15) is 59.3 Å². The Labute approximate surface area is 289 Å². The van der Waals surface area contributed by atoms with Crippen molar-refractivity contribution >= 4 is 59.1 Å². The van der Waals surface area contributed by atoms with E-state index in [1.165, 1.54) is 18.7 Å². The molecule has 6 unspecified atom stereocenters. The molecule has 0 bridgehead atoms. The van der Waals surface area contributed by atoms with Gasteiger partial charge in [-0.25, -0.2) is 4.79 Å². The third-order valence-electron chi connectivity index (χ3n) is 7.06. The Bertz CT molecular complexity index is 1140. The van der Waals surface area contributed by atoms with E-state index in [2.05, 4.69) is 31.9 Å². The maximum Gasteiger partial charge on any atom is 0.326 e. The van der Waals surface area contributed by atoms with Gasteiger partial charge in [0.1, 0.15) is 36.3 Å². The maximum atomic E-state index is 13.4. The van der Waals surface area contributed by atoms with E-state index >= 15 is 0 Å². The minimum Gasteiger partial charge on any atom is -0.481 e. The number of carboxylic acids is 2. The highest BCUT2D eigenvalue weighted by Gasteiger charge is 2.31. The number of carbonyl (C=O) groups excluding carboxylic acids is 6. The van der Waals surface area contributed by atoms with E-state index in [1.807, 2.05) is 0 Å². The molecular formula is C29H52N8O11S. The second kappa shape index (κ2) is 24.2. The number of unbranched alkanes of at least 4 members (excludes halogenated alkanes) is 1. The molecule has 0 aromatic heterocycles. The van der Waals surface area contributed by atoms with Crippen LogP contribution in [-0.4, -0.2) is 131 Å². The Morgan fingerprint density at radius 2 is 1.27 bits per heavy atom. The van der Waals surface area contributed by atoms with E-state index in [-0.39, 0.29) is 25.8 Å². The number of rotatable bonds is 25. The molecule has 0 aromatic rings. The van der Waals surface area contributed by atoms with Gasteiger partial charge >= 0.3 is 11.9 Å². The van der Waals surface area contributed by atoms with Gasteiger partial charge in [-0.15, -0.1) is 0 Å². The molecule has 0 aliphatic carbocycles. The predicted molar refractivity (Wildman–Crippen MR) is 179 cm³/mol. The monoisotopic (exact) mass is 720 g/mol. The minimum absolute atomic E-state index is 0.0579. The summed E-state index contributed by atoms with van der Waals surface area (Å²) < 4.78 is 0. The summed E-state index contributed by atoms with van der Waals surface area (Å²) in [5.74, 6) is -7.40. The number of thioether (sulfide) groups is 1. The third-order valence-corrected chi connectivity index (χ3v) is 7.71. The highest BCUT2D eigenvalue weighted by Crippen LogP contribution is 2.07. The maximum absolute atomic E-state index is 13.4. The molecule has 49 heavy (non-hydrogen) atoms. The Balaban J connectivity index is 5.74. The molecule has 19 nitrogen and oxygen atoms in total. The predicted octanol–water partition coefficient (Wildman–Crippen LogP) is -3.65. The number of carbonyl (C=O) groups is 8. The fourth-order valence-electron chi connectivity index (χ4n) is 4.14. The fraction of sp³-hybridized carbons (Fsp3) is 0.724. The SMILES string of the molecule is CSCCC(NC(=O)C(N)CO)C(=O)NC(C)C(=O)NC(CCCCN)C(=O)NC(CCC(=O)O)C(=O)NCC(=O)NC(C(=O)O)C(C)C. The molecule has 0 saturated carbocycles. The standard InChI is InChI=1S/C29H52N8O11S/c1-15(2)23(29(47)48)37-21(39)13-32-26(44)19(8-9-22(40)41)36-28(46)18(7-5-6-11-30)34-24(42)16(3)33-27(45)20(10-12-49-4)35-25(43)17(31)14-38/h15-20,23,38H,5-14,30-31H2,1-4H3,(H,32,44)(H,33,45)(H,34,42)(H,35,43)(H,36,46)(H,37,39)(H,40,41)(H,47,48). The lowest BCUT2D eigenvalue weighted by molar-refractivity contribution is -0.143. The van der Waals surface area contributed by atoms with Gasteiger partial charge in [0.15, 0.2) is 0 Å². The number of hydrogen-bond acceptors (Lipinski definition) is 12. The Kier molecular flexibility index (Phi) is 22.2. The van der Waals surface area contributed by atoms with Gasteiger partial charge in [-0.1, -0.05) is 13.8 Å². The summed E-state index contributed by atoms with van der Waals surface area (Å²) >= 11 is 1.41. The van der Waals surface area contributed by atoms with Crippen LogP contribution in [0.3, 0.4) is 0 Å². The average Bonchev–Trinajstić information content (AvgIpc) is 3.04. The van der Waals surface area contributed by atoms with Gasteiger partial charge in [-0.2, -0.15) is 11.8 Å². The van der Waals surface area contributed by atoms with E-state index in [4.69, 9.17) is 21.7 Å². The average molecular weight is 721 g/mol. The fourth-order valence-corrected chi connectivity index (χ4v) is 4.61. The second-order valence-electron chi connectivity index (χ2n) is 11.5. The van der Waals surface area contributed by atoms with E-state index in [0.29, 0.717) is 18.6 Å². The van der Waals surface area contributed by atoms with Crippen molar-refractivity contribution in [2.75, 3.05) is 31.7 Å². The van der Waals surface area contributed by atoms with Gasteiger partial charge in [0.05, 0.1) is 13.2 Å². The van der Waals surface area contributed by atoms with Crippen LogP contribution in [0, 0.1) is 5.92 Å². The third kappa shape index (κ3) is 18.4. The molecule has 0 aliphatic heterocycles. The van der Waals surface area contributed by atoms with Crippen LogP contribution >= 0.6 is 11.8 Å². The second-order valence-corrected chi connectivity index (χ2v) is 12.5. The van der Waals surface area contributed by atoms with Crippen molar-refractivity contribution in [2.45, 2.75) is 95.5 Å². The zero-order valence-electron chi connectivity index (χ0n) is 28.3. The van der Waals surface area contributed by atoms with Crippen molar-refractivity contribution < 1.29 is 53.7 Å². The smallest absolute Gasteiger partial charge is 0.326 e. The van der Waals surface area contributed by atoms with Crippen molar-refractivity contribution in [3.63, 3.8) is 0 Å². The molecule has 0 heterocycles. The summed E-state index contributed by atoms with van der Waals surface area (Å²) in [6, 6.07) is -7.46. The van der Waals surface area contributed by atoms with Gasteiger partial charge in [0.2, 0.25) is 35.4 Å². The Hall–Kier alpha value is -4.01. The van der Waals surface area contributed by atoms with Gasteiger partial charge in [-0.3, -0.25) is 33.6 Å². The zero-order valence-corrected chi connectivity index (χ0v) is 29.1. The number of nitrogens with one attached hydrogen (secondary N) is 6. The Morgan fingerprint density at radius 3 is 1.80 bits per heavy atom. The van der Waals surface area contributed by atoms with Crippen LogP contribution in [0.2, 0.25) is 0 Å². The summed E-state index contributed by atoms with van der Waals surface area (Å²) in [5, 5.41) is 41.9. The first-order valence-electron chi connectivity index (χ1n) is 15.8. The number of amides is 6. The summed E-state index contributed by atoms with van der Waals surface area (Å²) in [6.07, 6.45) is 1.97. The molecule has 0 aromatic carbocycles. The number of carboxylic acid groups (broad SMARTS) is 2. The van der Waals surface area contributed by atoms with Crippen LogP contribution in [0.15, 0.2) is 0 Å². The lowest BCUT2D eigenvalue weighted by Gasteiger charge is -2.25. The van der Waals surface area contributed by atoms with Crippen molar-refractivity contribution in [1.29, 1.82) is 0 Å². The van der Waals surface area contributed by atoms with Crippen LogP contribution in [-0.2, 0) is 38.4 Å². The molecule has 0 rings (SSSR count). The van der Waals surface area contributed by atoms with E-state index in [0.717, 1.165) is 0 Å². The largest absolute Gasteiger partial charge is 0.481 e. The highest BCUT2D eigenvalue weighted by molar-refractivity contribution is 7.98. The molecule has 13 N–H and O–H groups in total. The Morgan fingerprint density at radius 1 is 0.714 bits per heavy atom. The lowest BCUT2D eigenvalue weighted by Crippen LogP contribution is -2.58. The summed E-state index contributed by atoms with van der Waals surface area (Å²) in [7, 11) is 0. The molecule has 20 heteroatoms. The number of nitrogens with two attached hydrogens (primary N) is 2. The van der Waals surface area contributed by atoms with Crippen LogP contribution in [0.4, 0.5) is 0 Å². The van der Waals surface area contributed by atoms with Crippen molar-refractivity contribution in [1.82, 2.24) is 31.9 Å². The summed E-state index contributed by atoms with van der Waals surface area (Å²) in [5.41, 5.74) is 11.1. The lowest BCUT2D eigenvalue weighted by atomic mass is 10.0. The van der Waals surface area contributed by atoms with E-state index < -0.39 is 109 Å². The highest BCUT2D eigenvalue weighted by atomic mass is 32.2. The molecule has 0 aliphatic rings. The summed E-state index contributed by atoms with van der Waals surface area (Å²) in [6.45, 7) is 3.47. The topological polar surface area (TPSA) is 321 Å². The number of aliphatic hydroxyl groups is 1. The first kappa shape index (κ1) is 45.0. The molecular weight excluding hydrogens is 668 g/mol. The molecule has 0 saturated heterocycles. The van der Waals surface area contributed by atoms with Gasteiger partial charge in [0.25, 0.3) is 0 Å². The van der Waals surface area contributed by atoms with Crippen molar-refractivity contribution in [2.24, 2.45) is 17.4 Å².